The highest BCUT2D eigenvalue weighted by Crippen LogP contribution is 2.07. The molecular weight excluding hydrogens is 317 g/mol. The molecule has 0 fully saturated rings. The summed E-state index contributed by atoms with van der Waals surface area (Å²) in [7, 11) is 0. The Balaban J connectivity index is 2.69. The zero-order chi connectivity index (χ0) is 17.9. The summed E-state index contributed by atoms with van der Waals surface area (Å²) in [4.78, 5) is 36.4. The molecule has 0 saturated heterocycles. The molecule has 0 spiro atoms. The van der Waals surface area contributed by atoms with Gasteiger partial charge in [0, 0.05) is 13.1 Å². The molecule has 0 aliphatic rings. The molecule has 1 rings (SSSR count). The summed E-state index contributed by atoms with van der Waals surface area (Å²) in [5.74, 6) is -1.40. The summed E-state index contributed by atoms with van der Waals surface area (Å²) in [6.07, 6.45) is 0. The first kappa shape index (κ1) is 19.6. The number of carbonyl (C=O) groups is 3. The van der Waals surface area contributed by atoms with Crippen molar-refractivity contribution in [2.45, 2.75) is 20.4 Å². The number of benzene rings is 1. The standard InChI is InChI=1S/C16H22FN3O4/c1-3-18-16(23)19-14(21)10-20(11-15(22)24-4-2)9-12-5-7-13(17)8-6-12/h5-8H,3-4,9-11H2,1-2H3,(H2,18,19,21,23). The number of hydrogen-bond acceptors (Lipinski definition) is 5. The smallest absolute Gasteiger partial charge is 0.321 e. The maximum atomic E-state index is 13.0. The molecule has 0 aliphatic heterocycles. The van der Waals surface area contributed by atoms with Crippen molar-refractivity contribution in [1.29, 1.82) is 0 Å². The minimum atomic E-state index is -0.597. The summed E-state index contributed by atoms with van der Waals surface area (Å²) in [6, 6.07) is 5.13. The Bertz CT molecular complexity index is 563. The van der Waals surface area contributed by atoms with E-state index in [1.807, 2.05) is 0 Å². The van der Waals surface area contributed by atoms with E-state index in [1.54, 1.807) is 26.0 Å². The van der Waals surface area contributed by atoms with Gasteiger partial charge in [-0.1, -0.05) is 12.1 Å². The molecule has 8 heteroatoms. The maximum absolute atomic E-state index is 13.0. The molecule has 0 unspecified atom stereocenters. The minimum absolute atomic E-state index is 0.117. The predicted octanol–water partition coefficient (Wildman–Crippen LogP) is 1.04. The van der Waals surface area contributed by atoms with Crippen molar-refractivity contribution in [3.8, 4) is 0 Å². The van der Waals surface area contributed by atoms with Crippen LogP contribution >= 0.6 is 0 Å². The lowest BCUT2D eigenvalue weighted by molar-refractivity contribution is -0.144. The van der Waals surface area contributed by atoms with E-state index in [9.17, 15) is 18.8 Å². The lowest BCUT2D eigenvalue weighted by atomic mass is 10.2. The summed E-state index contributed by atoms with van der Waals surface area (Å²) in [5, 5.41) is 4.61. The van der Waals surface area contributed by atoms with Gasteiger partial charge in [-0.2, -0.15) is 0 Å². The van der Waals surface area contributed by atoms with Crippen LogP contribution in [0.5, 0.6) is 0 Å². The van der Waals surface area contributed by atoms with Gasteiger partial charge in [0.2, 0.25) is 5.91 Å². The van der Waals surface area contributed by atoms with Gasteiger partial charge in [-0.05, 0) is 31.5 Å². The molecule has 0 saturated carbocycles. The van der Waals surface area contributed by atoms with Crippen LogP contribution < -0.4 is 10.6 Å². The van der Waals surface area contributed by atoms with E-state index in [0.29, 0.717) is 6.54 Å². The van der Waals surface area contributed by atoms with Crippen molar-refractivity contribution in [2.75, 3.05) is 26.2 Å². The average molecular weight is 339 g/mol. The maximum Gasteiger partial charge on any atom is 0.321 e. The number of hydrogen-bond donors (Lipinski definition) is 2. The van der Waals surface area contributed by atoms with Crippen molar-refractivity contribution in [3.63, 3.8) is 0 Å². The van der Waals surface area contributed by atoms with Gasteiger partial charge in [-0.3, -0.25) is 19.8 Å². The normalized spacial score (nSPS) is 10.3. The van der Waals surface area contributed by atoms with Crippen LogP contribution in [0.25, 0.3) is 0 Å². The zero-order valence-corrected chi connectivity index (χ0v) is 13.8. The molecule has 24 heavy (non-hydrogen) atoms. The van der Waals surface area contributed by atoms with Crippen LogP contribution in [0.4, 0.5) is 9.18 Å². The van der Waals surface area contributed by atoms with Crippen LogP contribution in [-0.2, 0) is 20.9 Å². The van der Waals surface area contributed by atoms with E-state index < -0.39 is 17.9 Å². The monoisotopic (exact) mass is 339 g/mol. The first-order valence-electron chi connectivity index (χ1n) is 7.64. The Kier molecular flexibility index (Phi) is 8.42. The van der Waals surface area contributed by atoms with Crippen LogP contribution in [0, 0.1) is 5.82 Å². The largest absolute Gasteiger partial charge is 0.465 e. The fourth-order valence-corrected chi connectivity index (χ4v) is 1.98. The fraction of sp³-hybridized carbons (Fsp3) is 0.438. The molecule has 3 amide bonds. The van der Waals surface area contributed by atoms with Crippen molar-refractivity contribution < 1.29 is 23.5 Å². The van der Waals surface area contributed by atoms with Gasteiger partial charge in [0.05, 0.1) is 19.7 Å². The number of carbonyl (C=O) groups excluding carboxylic acids is 3. The number of nitrogens with zero attached hydrogens (tertiary/aromatic N) is 1. The molecule has 0 aromatic heterocycles. The molecule has 0 bridgehead atoms. The van der Waals surface area contributed by atoms with Gasteiger partial charge in [0.25, 0.3) is 0 Å². The molecule has 7 nitrogen and oxygen atoms in total. The molecule has 132 valence electrons. The van der Waals surface area contributed by atoms with Gasteiger partial charge < -0.3 is 10.1 Å². The van der Waals surface area contributed by atoms with Gasteiger partial charge in [-0.15, -0.1) is 0 Å². The molecule has 2 N–H and O–H groups in total. The summed E-state index contributed by atoms with van der Waals surface area (Å²) in [6.45, 7) is 3.98. The molecule has 0 atom stereocenters. The number of esters is 1. The van der Waals surface area contributed by atoms with E-state index in [4.69, 9.17) is 4.74 Å². The fourth-order valence-electron chi connectivity index (χ4n) is 1.98. The van der Waals surface area contributed by atoms with Crippen LogP contribution in [-0.4, -0.2) is 49.0 Å². The molecule has 0 aliphatic carbocycles. The van der Waals surface area contributed by atoms with Gasteiger partial charge in [0.1, 0.15) is 5.82 Å². The third-order valence-corrected chi connectivity index (χ3v) is 2.93. The zero-order valence-electron chi connectivity index (χ0n) is 13.8. The van der Waals surface area contributed by atoms with Crippen LogP contribution in [0.1, 0.15) is 19.4 Å². The Morgan fingerprint density at radius 1 is 1.12 bits per heavy atom. The summed E-state index contributed by atoms with van der Waals surface area (Å²) < 4.78 is 17.8. The number of imide groups is 1. The molecule has 1 aromatic carbocycles. The molecule has 0 radical (unpaired) electrons. The number of urea groups is 1. The SMILES string of the molecule is CCNC(=O)NC(=O)CN(CC(=O)OCC)Cc1ccc(F)cc1. The lowest BCUT2D eigenvalue weighted by Gasteiger charge is -2.20. The van der Waals surface area contributed by atoms with E-state index >= 15 is 0 Å². The highest BCUT2D eigenvalue weighted by atomic mass is 19.1. The minimum Gasteiger partial charge on any atom is -0.465 e. The first-order valence-corrected chi connectivity index (χ1v) is 7.64. The van der Waals surface area contributed by atoms with Gasteiger partial charge in [-0.25, -0.2) is 9.18 Å². The topological polar surface area (TPSA) is 87.7 Å². The Hall–Kier alpha value is -2.48. The Morgan fingerprint density at radius 3 is 2.38 bits per heavy atom. The molecule has 0 heterocycles. The lowest BCUT2D eigenvalue weighted by Crippen LogP contribution is -2.45. The quantitative estimate of drug-likeness (QED) is 0.691. The van der Waals surface area contributed by atoms with Crippen molar-refractivity contribution in [2.24, 2.45) is 0 Å². The molecular formula is C16H22FN3O4. The highest BCUT2D eigenvalue weighted by molar-refractivity contribution is 5.95. The Labute approximate surface area is 140 Å². The number of amides is 3. The third-order valence-electron chi connectivity index (χ3n) is 2.93. The van der Waals surface area contributed by atoms with Crippen LogP contribution in [0.3, 0.4) is 0 Å². The van der Waals surface area contributed by atoms with Gasteiger partial charge in [0.15, 0.2) is 0 Å². The third kappa shape index (κ3) is 7.68. The van der Waals surface area contributed by atoms with Crippen molar-refractivity contribution in [1.82, 2.24) is 15.5 Å². The second-order valence-electron chi connectivity index (χ2n) is 4.98. The number of halogens is 1. The Morgan fingerprint density at radius 2 is 1.79 bits per heavy atom. The van der Waals surface area contributed by atoms with Gasteiger partial charge >= 0.3 is 12.0 Å². The second kappa shape index (κ2) is 10.3. The van der Waals surface area contributed by atoms with E-state index in [0.717, 1.165) is 5.56 Å². The van der Waals surface area contributed by atoms with Crippen molar-refractivity contribution >= 4 is 17.9 Å². The van der Waals surface area contributed by atoms with E-state index in [2.05, 4.69) is 10.6 Å². The number of rotatable bonds is 8. The average Bonchev–Trinajstić information content (AvgIpc) is 2.49. The van der Waals surface area contributed by atoms with E-state index in [-0.39, 0.29) is 32.1 Å². The second-order valence-corrected chi connectivity index (χ2v) is 4.98. The van der Waals surface area contributed by atoms with Crippen LogP contribution in [0.15, 0.2) is 24.3 Å². The number of nitrogens with one attached hydrogen (secondary N) is 2. The molecule has 1 aromatic rings. The van der Waals surface area contributed by atoms with E-state index in [1.165, 1.54) is 17.0 Å². The van der Waals surface area contributed by atoms with Crippen LogP contribution in [0.2, 0.25) is 0 Å². The summed E-state index contributed by atoms with van der Waals surface area (Å²) >= 11 is 0. The first-order chi connectivity index (χ1) is 11.4. The number of ether oxygens (including phenoxy) is 1. The summed E-state index contributed by atoms with van der Waals surface area (Å²) in [5.41, 5.74) is 0.728. The van der Waals surface area contributed by atoms with Crippen molar-refractivity contribution in [3.05, 3.63) is 35.6 Å². The highest BCUT2D eigenvalue weighted by Gasteiger charge is 2.17. The predicted molar refractivity (Wildman–Crippen MR) is 85.5 cm³/mol.